The molecular formula is C17H21BrN2O. The number of rotatable bonds is 2. The first-order chi connectivity index (χ1) is 9.93. The third kappa shape index (κ3) is 3.22. The zero-order valence-electron chi connectivity index (χ0n) is 12.5. The Labute approximate surface area is 134 Å². The highest BCUT2D eigenvalue weighted by molar-refractivity contribution is 9.10. The van der Waals surface area contributed by atoms with Gasteiger partial charge in [-0.05, 0) is 56.9 Å². The number of hydrogen-bond donors (Lipinski definition) is 1. The number of benzene rings is 1. The first-order valence-corrected chi connectivity index (χ1v) is 8.26. The monoisotopic (exact) mass is 348 g/mol. The van der Waals surface area contributed by atoms with Crippen LogP contribution in [0.5, 0.6) is 0 Å². The van der Waals surface area contributed by atoms with Crippen molar-refractivity contribution in [2.75, 3.05) is 18.0 Å². The number of piperidine rings is 1. The number of fused-ring (bicyclic) bond motifs is 1. The van der Waals surface area contributed by atoms with Crippen molar-refractivity contribution in [2.24, 2.45) is 5.92 Å². The third-order valence-electron chi connectivity index (χ3n) is 4.46. The molecular weight excluding hydrogens is 328 g/mol. The van der Waals surface area contributed by atoms with E-state index in [9.17, 15) is 5.11 Å². The zero-order valence-corrected chi connectivity index (χ0v) is 14.1. The van der Waals surface area contributed by atoms with Crippen molar-refractivity contribution in [3.8, 4) is 0 Å². The number of nitrogens with zero attached hydrogens (tertiary/aromatic N) is 2. The van der Waals surface area contributed by atoms with E-state index in [0.29, 0.717) is 5.92 Å². The van der Waals surface area contributed by atoms with Gasteiger partial charge in [-0.3, -0.25) is 0 Å². The van der Waals surface area contributed by atoms with Crippen LogP contribution in [0.25, 0.3) is 10.9 Å². The summed E-state index contributed by atoms with van der Waals surface area (Å²) in [7, 11) is 0. The van der Waals surface area contributed by atoms with E-state index >= 15 is 0 Å². The second kappa shape index (κ2) is 5.58. The lowest BCUT2D eigenvalue weighted by Crippen LogP contribution is -2.42. The molecule has 1 saturated heterocycles. The minimum atomic E-state index is -0.576. The van der Waals surface area contributed by atoms with Gasteiger partial charge in [0, 0.05) is 22.9 Å². The van der Waals surface area contributed by atoms with Gasteiger partial charge in [-0.1, -0.05) is 22.0 Å². The number of aromatic nitrogens is 1. The van der Waals surface area contributed by atoms with Gasteiger partial charge in [0.15, 0.2) is 0 Å². The van der Waals surface area contributed by atoms with Gasteiger partial charge in [-0.2, -0.15) is 0 Å². The summed E-state index contributed by atoms with van der Waals surface area (Å²) in [5.41, 5.74) is 0.444. The molecule has 3 rings (SSSR count). The van der Waals surface area contributed by atoms with Crippen LogP contribution < -0.4 is 4.90 Å². The molecule has 0 radical (unpaired) electrons. The Morgan fingerprint density at radius 2 is 1.86 bits per heavy atom. The lowest BCUT2D eigenvalue weighted by molar-refractivity contribution is 0.00646. The van der Waals surface area contributed by atoms with Crippen molar-refractivity contribution < 1.29 is 5.11 Å². The highest BCUT2D eigenvalue weighted by atomic mass is 79.9. The predicted octanol–water partition coefficient (Wildman–Crippen LogP) is 3.98. The van der Waals surface area contributed by atoms with Crippen LogP contribution in [0.4, 0.5) is 5.82 Å². The smallest absolute Gasteiger partial charge is 0.129 e. The van der Waals surface area contributed by atoms with Crippen molar-refractivity contribution >= 4 is 32.7 Å². The number of anilines is 1. The van der Waals surface area contributed by atoms with Gasteiger partial charge >= 0.3 is 0 Å². The predicted molar refractivity (Wildman–Crippen MR) is 90.7 cm³/mol. The summed E-state index contributed by atoms with van der Waals surface area (Å²) in [6.45, 7) is 5.75. The molecule has 21 heavy (non-hydrogen) atoms. The van der Waals surface area contributed by atoms with Crippen molar-refractivity contribution in [3.63, 3.8) is 0 Å². The summed E-state index contributed by atoms with van der Waals surface area (Å²) in [5, 5.41) is 11.3. The van der Waals surface area contributed by atoms with Crippen LogP contribution in [0.1, 0.15) is 26.7 Å². The Morgan fingerprint density at radius 1 is 1.19 bits per heavy atom. The van der Waals surface area contributed by atoms with Crippen LogP contribution in [0.3, 0.4) is 0 Å². The summed E-state index contributed by atoms with van der Waals surface area (Å²) in [4.78, 5) is 7.10. The van der Waals surface area contributed by atoms with E-state index in [2.05, 4.69) is 45.1 Å². The van der Waals surface area contributed by atoms with Gasteiger partial charge in [-0.25, -0.2) is 4.98 Å². The van der Waals surface area contributed by atoms with Crippen molar-refractivity contribution in [1.29, 1.82) is 0 Å². The minimum Gasteiger partial charge on any atom is -0.390 e. The zero-order chi connectivity index (χ0) is 15.0. The molecule has 0 spiro atoms. The summed E-state index contributed by atoms with van der Waals surface area (Å²) >= 11 is 3.50. The topological polar surface area (TPSA) is 36.4 Å². The molecule has 0 aliphatic carbocycles. The molecule has 0 atom stereocenters. The molecule has 0 unspecified atom stereocenters. The van der Waals surface area contributed by atoms with Gasteiger partial charge in [0.2, 0.25) is 0 Å². The number of aliphatic hydroxyl groups is 1. The Morgan fingerprint density at radius 3 is 2.52 bits per heavy atom. The molecule has 0 bridgehead atoms. The lowest BCUT2D eigenvalue weighted by atomic mass is 9.83. The molecule has 2 heterocycles. The fourth-order valence-electron chi connectivity index (χ4n) is 3.07. The first kappa shape index (κ1) is 14.8. The molecule has 1 fully saturated rings. The molecule has 1 aliphatic heterocycles. The SMILES string of the molecule is CC(C)(O)C1CCN(c2ccc3ccc(Br)cc3n2)CC1. The van der Waals surface area contributed by atoms with Gasteiger partial charge in [0.25, 0.3) is 0 Å². The van der Waals surface area contributed by atoms with Gasteiger partial charge < -0.3 is 10.0 Å². The molecule has 0 amide bonds. The van der Waals surface area contributed by atoms with Gasteiger partial charge in [-0.15, -0.1) is 0 Å². The maximum absolute atomic E-state index is 10.1. The summed E-state index contributed by atoms with van der Waals surface area (Å²) < 4.78 is 1.06. The van der Waals surface area contributed by atoms with Crippen LogP contribution in [0.15, 0.2) is 34.8 Å². The summed E-state index contributed by atoms with van der Waals surface area (Å²) in [6, 6.07) is 10.4. The van der Waals surface area contributed by atoms with Crippen molar-refractivity contribution in [2.45, 2.75) is 32.3 Å². The molecule has 1 aromatic carbocycles. The van der Waals surface area contributed by atoms with Crippen LogP contribution in [0, 0.1) is 5.92 Å². The van der Waals surface area contributed by atoms with Crippen molar-refractivity contribution in [1.82, 2.24) is 4.98 Å². The molecule has 1 N–H and O–H groups in total. The Balaban J connectivity index is 1.79. The third-order valence-corrected chi connectivity index (χ3v) is 4.95. The molecule has 1 aliphatic rings. The fourth-order valence-corrected chi connectivity index (χ4v) is 3.42. The van der Waals surface area contributed by atoms with Crippen LogP contribution in [0.2, 0.25) is 0 Å². The first-order valence-electron chi connectivity index (χ1n) is 7.47. The second-order valence-corrected chi connectivity index (χ2v) is 7.34. The van der Waals surface area contributed by atoms with Gasteiger partial charge in [0.1, 0.15) is 5.82 Å². The van der Waals surface area contributed by atoms with E-state index in [1.165, 1.54) is 0 Å². The highest BCUT2D eigenvalue weighted by Crippen LogP contribution is 2.30. The van der Waals surface area contributed by atoms with Crippen LogP contribution in [-0.4, -0.2) is 28.8 Å². The molecule has 2 aromatic rings. The number of halogens is 1. The van der Waals surface area contributed by atoms with Crippen molar-refractivity contribution in [3.05, 3.63) is 34.8 Å². The van der Waals surface area contributed by atoms with E-state index in [1.807, 2.05) is 19.9 Å². The average molecular weight is 349 g/mol. The van der Waals surface area contributed by atoms with E-state index in [4.69, 9.17) is 4.98 Å². The summed E-state index contributed by atoms with van der Waals surface area (Å²) in [6.07, 6.45) is 2.03. The quantitative estimate of drug-likeness (QED) is 0.891. The van der Waals surface area contributed by atoms with E-state index in [1.54, 1.807) is 0 Å². The number of hydrogen-bond acceptors (Lipinski definition) is 3. The molecule has 1 aromatic heterocycles. The largest absolute Gasteiger partial charge is 0.390 e. The molecule has 0 saturated carbocycles. The van der Waals surface area contributed by atoms with Gasteiger partial charge in [0.05, 0.1) is 11.1 Å². The average Bonchev–Trinajstić information content (AvgIpc) is 2.45. The highest BCUT2D eigenvalue weighted by Gasteiger charge is 2.30. The second-order valence-electron chi connectivity index (χ2n) is 6.42. The van der Waals surface area contributed by atoms with E-state index in [-0.39, 0.29) is 0 Å². The standard InChI is InChI=1S/C17H21BrN2O/c1-17(2,21)13-7-9-20(10-8-13)16-6-4-12-3-5-14(18)11-15(12)19-16/h3-6,11,13,21H,7-10H2,1-2H3. The van der Waals surface area contributed by atoms with Crippen LogP contribution >= 0.6 is 15.9 Å². The molecule has 4 heteroatoms. The normalized spacial score (nSPS) is 17.4. The fraction of sp³-hybridized carbons (Fsp3) is 0.471. The number of pyridine rings is 1. The van der Waals surface area contributed by atoms with E-state index < -0.39 is 5.60 Å². The summed E-state index contributed by atoms with van der Waals surface area (Å²) in [5.74, 6) is 1.41. The molecule has 3 nitrogen and oxygen atoms in total. The maximum atomic E-state index is 10.1. The Kier molecular flexibility index (Phi) is 3.93. The maximum Gasteiger partial charge on any atom is 0.129 e. The lowest BCUT2D eigenvalue weighted by Gasteiger charge is -2.38. The van der Waals surface area contributed by atoms with Crippen LogP contribution in [-0.2, 0) is 0 Å². The Bertz CT molecular complexity index is 643. The molecule has 112 valence electrons. The minimum absolute atomic E-state index is 0.378. The Hall–Kier alpha value is -1.13. The van der Waals surface area contributed by atoms with E-state index in [0.717, 1.165) is 47.1 Å².